The number of carbonyl (C=O) groups excluding carboxylic acids is 1. The quantitative estimate of drug-likeness (QED) is 0.853. The van der Waals surface area contributed by atoms with E-state index in [1.165, 1.54) is 0 Å². The normalized spacial score (nSPS) is 10.2. The number of anilines is 2. The first-order valence-electron chi connectivity index (χ1n) is 7.60. The number of aromatic nitrogens is 1. The van der Waals surface area contributed by atoms with Crippen molar-refractivity contribution >= 4 is 17.3 Å². The van der Waals surface area contributed by atoms with Crippen LogP contribution in [0.4, 0.5) is 11.4 Å². The summed E-state index contributed by atoms with van der Waals surface area (Å²) in [6, 6.07) is 12.5. The van der Waals surface area contributed by atoms with Gasteiger partial charge in [-0.05, 0) is 36.6 Å². The third kappa shape index (κ3) is 4.82. The summed E-state index contributed by atoms with van der Waals surface area (Å²) in [7, 11) is 0. The molecule has 1 heterocycles. The van der Waals surface area contributed by atoms with E-state index in [1.54, 1.807) is 36.5 Å². The topological polar surface area (TPSA) is 77.8 Å². The summed E-state index contributed by atoms with van der Waals surface area (Å²) in [5.41, 5.74) is 2.08. The average molecular weight is 308 g/mol. The van der Waals surface area contributed by atoms with Gasteiger partial charge in [0, 0.05) is 18.4 Å². The van der Waals surface area contributed by atoms with Crippen LogP contribution in [0.2, 0.25) is 0 Å². The van der Waals surface area contributed by atoms with Crippen molar-refractivity contribution in [3.63, 3.8) is 0 Å². The number of para-hydroxylation sites is 1. The highest BCUT2D eigenvalue weighted by Crippen LogP contribution is 2.16. The molecule has 1 aromatic carbocycles. The number of nitrogens with zero attached hydrogens (tertiary/aromatic N) is 2. The zero-order valence-corrected chi connectivity index (χ0v) is 13.3. The molecule has 1 amide bonds. The van der Waals surface area contributed by atoms with Crippen LogP contribution in [0.15, 0.2) is 42.6 Å². The van der Waals surface area contributed by atoms with Crippen molar-refractivity contribution in [3.8, 4) is 6.07 Å². The Morgan fingerprint density at radius 2 is 2.09 bits per heavy atom. The molecule has 0 aliphatic rings. The van der Waals surface area contributed by atoms with Gasteiger partial charge >= 0.3 is 0 Å². The maximum absolute atomic E-state index is 12.3. The zero-order valence-electron chi connectivity index (χ0n) is 13.3. The van der Waals surface area contributed by atoms with Crippen molar-refractivity contribution in [1.82, 2.24) is 4.98 Å². The Bertz CT molecular complexity index is 719. The molecule has 2 N–H and O–H groups in total. The SMILES string of the molecule is CC(C)CCNc1ccnc(C(=O)Nc2ccccc2C#N)c1. The molecular weight excluding hydrogens is 288 g/mol. The molecule has 0 radical (unpaired) electrons. The van der Waals surface area contributed by atoms with Crippen LogP contribution in [0, 0.1) is 17.2 Å². The second kappa shape index (κ2) is 7.95. The minimum absolute atomic E-state index is 0.312. The Kier molecular flexibility index (Phi) is 5.70. The number of pyridine rings is 1. The van der Waals surface area contributed by atoms with Crippen LogP contribution in [-0.2, 0) is 0 Å². The van der Waals surface area contributed by atoms with Crippen molar-refractivity contribution < 1.29 is 4.79 Å². The minimum atomic E-state index is -0.333. The van der Waals surface area contributed by atoms with Gasteiger partial charge in [-0.15, -0.1) is 0 Å². The van der Waals surface area contributed by atoms with Crippen molar-refractivity contribution in [2.45, 2.75) is 20.3 Å². The molecule has 0 saturated heterocycles. The molecule has 0 spiro atoms. The van der Waals surface area contributed by atoms with E-state index < -0.39 is 0 Å². The lowest BCUT2D eigenvalue weighted by Gasteiger charge is -2.10. The van der Waals surface area contributed by atoms with Crippen LogP contribution >= 0.6 is 0 Å². The van der Waals surface area contributed by atoms with Crippen LogP contribution < -0.4 is 10.6 Å². The van der Waals surface area contributed by atoms with Gasteiger partial charge in [-0.2, -0.15) is 5.26 Å². The van der Waals surface area contributed by atoms with Gasteiger partial charge in [0.05, 0.1) is 11.3 Å². The lowest BCUT2D eigenvalue weighted by atomic mass is 10.1. The number of amides is 1. The number of hydrogen-bond acceptors (Lipinski definition) is 4. The second-order valence-corrected chi connectivity index (χ2v) is 5.65. The predicted octanol–water partition coefficient (Wildman–Crippen LogP) is 3.66. The lowest BCUT2D eigenvalue weighted by Crippen LogP contribution is -2.15. The van der Waals surface area contributed by atoms with Crippen LogP contribution in [0.1, 0.15) is 36.3 Å². The van der Waals surface area contributed by atoms with Gasteiger partial charge in [0.1, 0.15) is 11.8 Å². The molecule has 1 aromatic heterocycles. The molecule has 0 atom stereocenters. The van der Waals surface area contributed by atoms with Crippen molar-refractivity contribution in [2.75, 3.05) is 17.2 Å². The summed E-state index contributed by atoms with van der Waals surface area (Å²) >= 11 is 0. The maximum atomic E-state index is 12.3. The van der Waals surface area contributed by atoms with Crippen LogP contribution in [0.25, 0.3) is 0 Å². The monoisotopic (exact) mass is 308 g/mol. The summed E-state index contributed by atoms with van der Waals surface area (Å²) in [5, 5.41) is 15.1. The Hall–Kier alpha value is -2.87. The standard InChI is InChI=1S/C18H20N4O/c1-13(2)7-9-20-15-8-10-21-17(11-15)18(23)22-16-6-4-3-5-14(16)12-19/h3-6,8,10-11,13H,7,9H2,1-2H3,(H,20,21)(H,22,23). The molecule has 5 heteroatoms. The number of hydrogen-bond donors (Lipinski definition) is 2. The van der Waals surface area contributed by atoms with Crippen molar-refractivity contribution in [2.24, 2.45) is 5.92 Å². The molecule has 0 fully saturated rings. The highest BCUT2D eigenvalue weighted by atomic mass is 16.1. The Morgan fingerprint density at radius 3 is 2.83 bits per heavy atom. The Labute approximate surface area is 136 Å². The first-order valence-corrected chi connectivity index (χ1v) is 7.60. The van der Waals surface area contributed by atoms with Gasteiger partial charge < -0.3 is 10.6 Å². The average Bonchev–Trinajstić information content (AvgIpc) is 2.55. The molecule has 0 saturated carbocycles. The molecule has 118 valence electrons. The Morgan fingerprint density at radius 1 is 1.30 bits per heavy atom. The first kappa shape index (κ1) is 16.5. The molecule has 0 bridgehead atoms. The summed E-state index contributed by atoms with van der Waals surface area (Å²) in [6.07, 6.45) is 2.65. The van der Waals surface area contributed by atoms with Gasteiger partial charge in [-0.3, -0.25) is 9.78 Å². The molecule has 0 aliphatic carbocycles. The summed E-state index contributed by atoms with van der Waals surface area (Å²) in [6.45, 7) is 5.18. The second-order valence-electron chi connectivity index (χ2n) is 5.65. The van der Waals surface area contributed by atoms with Gasteiger partial charge in [-0.1, -0.05) is 26.0 Å². The largest absolute Gasteiger partial charge is 0.385 e. The fourth-order valence-electron chi connectivity index (χ4n) is 2.05. The number of carbonyl (C=O) groups is 1. The molecule has 23 heavy (non-hydrogen) atoms. The van der Waals surface area contributed by atoms with E-state index in [1.807, 2.05) is 6.07 Å². The number of nitriles is 1. The smallest absolute Gasteiger partial charge is 0.274 e. The predicted molar refractivity (Wildman–Crippen MR) is 91.3 cm³/mol. The van der Waals surface area contributed by atoms with E-state index >= 15 is 0 Å². The molecule has 0 unspecified atom stereocenters. The van der Waals surface area contributed by atoms with Crippen molar-refractivity contribution in [3.05, 3.63) is 53.9 Å². The number of benzene rings is 1. The van der Waals surface area contributed by atoms with Gasteiger partial charge in [0.15, 0.2) is 0 Å². The van der Waals surface area contributed by atoms with Gasteiger partial charge in [0.25, 0.3) is 5.91 Å². The first-order chi connectivity index (χ1) is 11.1. The van der Waals surface area contributed by atoms with Gasteiger partial charge in [0.2, 0.25) is 0 Å². The van der Waals surface area contributed by atoms with Crippen LogP contribution in [-0.4, -0.2) is 17.4 Å². The van der Waals surface area contributed by atoms with Crippen molar-refractivity contribution in [1.29, 1.82) is 5.26 Å². The third-order valence-corrected chi connectivity index (χ3v) is 3.34. The van der Waals surface area contributed by atoms with E-state index in [0.29, 0.717) is 22.9 Å². The van der Waals surface area contributed by atoms with Crippen LogP contribution in [0.3, 0.4) is 0 Å². The highest BCUT2D eigenvalue weighted by molar-refractivity contribution is 6.04. The number of nitrogens with one attached hydrogen (secondary N) is 2. The summed E-state index contributed by atoms with van der Waals surface area (Å²) in [4.78, 5) is 16.4. The summed E-state index contributed by atoms with van der Waals surface area (Å²) in [5.74, 6) is 0.287. The van der Waals surface area contributed by atoms with E-state index in [0.717, 1.165) is 18.7 Å². The highest BCUT2D eigenvalue weighted by Gasteiger charge is 2.10. The molecule has 2 aromatic rings. The molecule has 0 aliphatic heterocycles. The minimum Gasteiger partial charge on any atom is -0.385 e. The molecule has 5 nitrogen and oxygen atoms in total. The Balaban J connectivity index is 2.06. The third-order valence-electron chi connectivity index (χ3n) is 3.34. The van der Waals surface area contributed by atoms with Gasteiger partial charge in [-0.25, -0.2) is 0 Å². The van der Waals surface area contributed by atoms with E-state index in [-0.39, 0.29) is 5.91 Å². The fraction of sp³-hybridized carbons (Fsp3) is 0.278. The summed E-state index contributed by atoms with van der Waals surface area (Å²) < 4.78 is 0. The fourth-order valence-corrected chi connectivity index (χ4v) is 2.05. The maximum Gasteiger partial charge on any atom is 0.274 e. The number of rotatable bonds is 6. The van der Waals surface area contributed by atoms with E-state index in [4.69, 9.17) is 5.26 Å². The lowest BCUT2D eigenvalue weighted by molar-refractivity contribution is 0.102. The van der Waals surface area contributed by atoms with E-state index in [2.05, 4.69) is 35.5 Å². The molecular formula is C18H20N4O. The molecule has 2 rings (SSSR count). The van der Waals surface area contributed by atoms with Crippen LogP contribution in [0.5, 0.6) is 0 Å². The van der Waals surface area contributed by atoms with E-state index in [9.17, 15) is 4.79 Å². The zero-order chi connectivity index (χ0) is 16.7.